The summed E-state index contributed by atoms with van der Waals surface area (Å²) in [5.41, 5.74) is 0.879. The van der Waals surface area contributed by atoms with E-state index < -0.39 is 11.6 Å². The van der Waals surface area contributed by atoms with Crippen LogP contribution in [0, 0.1) is 0 Å². The van der Waals surface area contributed by atoms with Gasteiger partial charge in [0.15, 0.2) is 0 Å². The second kappa shape index (κ2) is 7.77. The number of benzene rings is 1. The molecule has 0 spiro atoms. The third-order valence-electron chi connectivity index (χ3n) is 5.17. The van der Waals surface area contributed by atoms with Crippen molar-refractivity contribution in [3.8, 4) is 11.5 Å². The number of nitrogens with zero attached hydrogens (tertiary/aromatic N) is 3. The van der Waals surface area contributed by atoms with Crippen LogP contribution in [0.5, 0.6) is 11.5 Å². The molecule has 1 amide bonds. The number of aromatic nitrogens is 3. The van der Waals surface area contributed by atoms with E-state index in [4.69, 9.17) is 4.74 Å². The van der Waals surface area contributed by atoms with Gasteiger partial charge in [-0.05, 0) is 43.4 Å². The molecule has 160 valence electrons. The van der Waals surface area contributed by atoms with E-state index in [1.807, 2.05) is 17.7 Å². The third kappa shape index (κ3) is 3.95. The first-order chi connectivity index (χ1) is 14.8. The molecule has 1 aromatic carbocycles. The van der Waals surface area contributed by atoms with Crippen LogP contribution in [0.2, 0.25) is 0 Å². The standard InChI is InChI=1S/C22H23N5O4/c1-22(12-13(28)4-7-19(22)29)26-21-25-16-10-14(5-6-18(16)27(21)3)31-15-8-9-24-17(11-15)20(30)23-2/h4-12,19,28-29H,1-3H3,(H,23,30)(H,25,26). The van der Waals surface area contributed by atoms with Crippen molar-refractivity contribution in [3.05, 3.63) is 66.2 Å². The molecule has 2 aromatic heterocycles. The maximum atomic E-state index is 11.8. The summed E-state index contributed by atoms with van der Waals surface area (Å²) in [4.78, 5) is 20.4. The Kier molecular flexibility index (Phi) is 5.12. The highest BCUT2D eigenvalue weighted by Crippen LogP contribution is 2.30. The number of anilines is 1. The number of hydrogen-bond donors (Lipinski definition) is 4. The zero-order chi connectivity index (χ0) is 22.2. The van der Waals surface area contributed by atoms with Gasteiger partial charge < -0.3 is 30.2 Å². The predicted octanol–water partition coefficient (Wildman–Crippen LogP) is 2.66. The summed E-state index contributed by atoms with van der Waals surface area (Å²) in [7, 11) is 3.40. The Bertz CT molecular complexity index is 1220. The van der Waals surface area contributed by atoms with Gasteiger partial charge in [0.1, 0.15) is 23.0 Å². The summed E-state index contributed by atoms with van der Waals surface area (Å²) >= 11 is 0. The minimum atomic E-state index is -0.916. The Morgan fingerprint density at radius 3 is 2.81 bits per heavy atom. The van der Waals surface area contributed by atoms with Crippen molar-refractivity contribution in [1.29, 1.82) is 0 Å². The van der Waals surface area contributed by atoms with Gasteiger partial charge in [0.25, 0.3) is 5.91 Å². The largest absolute Gasteiger partial charge is 0.508 e. The van der Waals surface area contributed by atoms with Crippen molar-refractivity contribution >= 4 is 22.9 Å². The van der Waals surface area contributed by atoms with E-state index in [9.17, 15) is 15.0 Å². The number of amides is 1. The first kappa shape index (κ1) is 20.4. The summed E-state index contributed by atoms with van der Waals surface area (Å²) in [6.07, 6.45) is 5.22. The van der Waals surface area contributed by atoms with Crippen LogP contribution in [0.15, 0.2) is 60.5 Å². The molecule has 9 nitrogen and oxygen atoms in total. The van der Waals surface area contributed by atoms with Gasteiger partial charge in [-0.2, -0.15) is 0 Å². The highest BCUT2D eigenvalue weighted by Gasteiger charge is 2.33. The number of carbonyl (C=O) groups is 1. The Morgan fingerprint density at radius 1 is 1.26 bits per heavy atom. The molecule has 4 N–H and O–H groups in total. The van der Waals surface area contributed by atoms with Crippen molar-refractivity contribution in [2.45, 2.75) is 18.6 Å². The van der Waals surface area contributed by atoms with Crippen molar-refractivity contribution < 1.29 is 19.7 Å². The minimum absolute atomic E-state index is 0.0724. The van der Waals surface area contributed by atoms with Crippen molar-refractivity contribution in [1.82, 2.24) is 19.9 Å². The number of aliphatic hydroxyl groups is 2. The zero-order valence-electron chi connectivity index (χ0n) is 17.3. The molecule has 0 saturated carbocycles. The van der Waals surface area contributed by atoms with Crippen LogP contribution in [-0.4, -0.2) is 49.3 Å². The average molecular weight is 421 g/mol. The molecule has 0 fully saturated rings. The Hall–Kier alpha value is -3.85. The van der Waals surface area contributed by atoms with Crippen LogP contribution in [0.3, 0.4) is 0 Å². The molecular weight excluding hydrogens is 398 g/mol. The van der Waals surface area contributed by atoms with E-state index in [0.29, 0.717) is 23.0 Å². The molecule has 4 rings (SSSR count). The SMILES string of the molecule is CNC(=O)c1cc(Oc2ccc3c(c2)nc(NC2(C)C=C(O)C=CC2O)n3C)ccn1. The minimum Gasteiger partial charge on any atom is -0.508 e. The topological polar surface area (TPSA) is 122 Å². The highest BCUT2D eigenvalue weighted by molar-refractivity contribution is 5.92. The van der Waals surface area contributed by atoms with E-state index >= 15 is 0 Å². The number of ether oxygens (including phenoxy) is 1. The molecule has 0 radical (unpaired) electrons. The molecule has 3 aromatic rings. The molecule has 1 aliphatic rings. The monoisotopic (exact) mass is 421 g/mol. The van der Waals surface area contributed by atoms with Gasteiger partial charge >= 0.3 is 0 Å². The number of rotatable bonds is 5. The van der Waals surface area contributed by atoms with Crippen LogP contribution in [0.4, 0.5) is 5.95 Å². The van der Waals surface area contributed by atoms with Crippen LogP contribution in [-0.2, 0) is 7.05 Å². The molecule has 0 aliphatic heterocycles. The number of carbonyl (C=O) groups excluding carboxylic acids is 1. The number of aryl methyl sites for hydroxylation is 1. The van der Waals surface area contributed by atoms with Crippen LogP contribution in [0.25, 0.3) is 11.0 Å². The normalized spacial score (nSPS) is 20.4. The molecule has 31 heavy (non-hydrogen) atoms. The summed E-state index contributed by atoms with van der Waals surface area (Å²) < 4.78 is 7.75. The van der Waals surface area contributed by atoms with Gasteiger partial charge in [-0.15, -0.1) is 0 Å². The summed E-state index contributed by atoms with van der Waals surface area (Å²) in [6, 6.07) is 8.69. The fraction of sp³-hybridized carbons (Fsp3) is 0.227. The number of imidazole rings is 1. The molecule has 2 atom stereocenters. The van der Waals surface area contributed by atoms with E-state index in [2.05, 4.69) is 20.6 Å². The second-order valence-corrected chi connectivity index (χ2v) is 7.48. The number of hydrogen-bond acceptors (Lipinski definition) is 7. The maximum absolute atomic E-state index is 11.8. The lowest BCUT2D eigenvalue weighted by Gasteiger charge is -2.33. The van der Waals surface area contributed by atoms with Crippen LogP contribution < -0.4 is 15.4 Å². The van der Waals surface area contributed by atoms with Gasteiger partial charge in [-0.3, -0.25) is 9.78 Å². The molecule has 0 bridgehead atoms. The van der Waals surface area contributed by atoms with Gasteiger partial charge in [0.05, 0.1) is 22.7 Å². The smallest absolute Gasteiger partial charge is 0.269 e. The summed E-state index contributed by atoms with van der Waals surface area (Å²) in [5, 5.41) is 26.0. The van der Waals surface area contributed by atoms with E-state index in [-0.39, 0.29) is 17.4 Å². The Labute approximate surface area is 178 Å². The molecule has 0 saturated heterocycles. The fourth-order valence-electron chi connectivity index (χ4n) is 3.40. The van der Waals surface area contributed by atoms with Gasteiger partial charge in [-0.1, -0.05) is 0 Å². The zero-order valence-corrected chi connectivity index (χ0v) is 17.3. The fourth-order valence-corrected chi connectivity index (χ4v) is 3.40. The lowest BCUT2D eigenvalue weighted by molar-refractivity contribution is 0.0958. The van der Waals surface area contributed by atoms with E-state index in [1.54, 1.807) is 44.3 Å². The second-order valence-electron chi connectivity index (χ2n) is 7.48. The summed E-state index contributed by atoms with van der Waals surface area (Å²) in [6.45, 7) is 1.78. The van der Waals surface area contributed by atoms with Gasteiger partial charge in [0, 0.05) is 32.4 Å². The molecule has 1 aliphatic carbocycles. The molecule has 2 unspecified atom stereocenters. The number of fused-ring (bicyclic) bond motifs is 1. The molecule has 9 heteroatoms. The predicted molar refractivity (Wildman–Crippen MR) is 116 cm³/mol. The van der Waals surface area contributed by atoms with Crippen molar-refractivity contribution in [2.24, 2.45) is 7.05 Å². The lowest BCUT2D eigenvalue weighted by atomic mass is 9.90. The van der Waals surface area contributed by atoms with Crippen molar-refractivity contribution in [2.75, 3.05) is 12.4 Å². The first-order valence-corrected chi connectivity index (χ1v) is 9.68. The number of aliphatic hydroxyl groups excluding tert-OH is 2. The Balaban J connectivity index is 1.61. The first-order valence-electron chi connectivity index (χ1n) is 9.68. The number of nitrogens with one attached hydrogen (secondary N) is 2. The lowest BCUT2D eigenvalue weighted by Crippen LogP contribution is -2.46. The maximum Gasteiger partial charge on any atom is 0.269 e. The van der Waals surface area contributed by atoms with Crippen LogP contribution in [0.1, 0.15) is 17.4 Å². The van der Waals surface area contributed by atoms with Crippen molar-refractivity contribution in [3.63, 3.8) is 0 Å². The summed E-state index contributed by atoms with van der Waals surface area (Å²) in [5.74, 6) is 1.33. The van der Waals surface area contributed by atoms with E-state index in [1.165, 1.54) is 18.3 Å². The Morgan fingerprint density at radius 2 is 2.03 bits per heavy atom. The third-order valence-corrected chi connectivity index (χ3v) is 5.17. The van der Waals surface area contributed by atoms with Gasteiger partial charge in [-0.25, -0.2) is 4.98 Å². The average Bonchev–Trinajstić information content (AvgIpc) is 3.05. The number of allylic oxidation sites excluding steroid dienone is 1. The van der Waals surface area contributed by atoms with Crippen LogP contribution >= 0.6 is 0 Å². The molecular formula is C22H23N5O4. The highest BCUT2D eigenvalue weighted by atomic mass is 16.5. The quantitative estimate of drug-likeness (QED) is 0.500. The van der Waals surface area contributed by atoms with E-state index in [0.717, 1.165) is 5.52 Å². The number of pyridine rings is 1. The van der Waals surface area contributed by atoms with Gasteiger partial charge in [0.2, 0.25) is 5.95 Å². The molecule has 2 heterocycles.